The van der Waals surface area contributed by atoms with Crippen LogP contribution in [0.25, 0.3) is 0 Å². The molecule has 0 N–H and O–H groups in total. The monoisotopic (exact) mass is 349 g/mol. The summed E-state index contributed by atoms with van der Waals surface area (Å²) in [6, 6.07) is 8.12. The third-order valence-electron chi connectivity index (χ3n) is 4.90. The molecule has 2 aromatic heterocycles. The quantitative estimate of drug-likeness (QED) is 0.712. The highest BCUT2D eigenvalue weighted by Gasteiger charge is 2.29. The van der Waals surface area contributed by atoms with Gasteiger partial charge < -0.3 is 9.47 Å². The molecule has 3 heterocycles. The van der Waals surface area contributed by atoms with E-state index in [1.54, 1.807) is 12.5 Å². The van der Waals surface area contributed by atoms with Crippen LogP contribution in [0.1, 0.15) is 34.3 Å². The topological polar surface area (TPSA) is 56.0 Å². The van der Waals surface area contributed by atoms with Crippen LogP contribution in [0.2, 0.25) is 0 Å². The molecule has 1 amide bonds. The van der Waals surface area contributed by atoms with Gasteiger partial charge in [-0.15, -0.1) is 0 Å². The molecule has 1 aromatic carbocycles. The standard InChI is InChI=1S/C20H23N5O/c1-16-11-22-24(12-16)14-19-6-3-8-25(19)20(26)18-5-2-4-17(10-18)13-23-9-7-21-15-23/h2,4-5,7,9-12,15,19H,3,6,8,13-14H2,1H3/t19-/m0/s1. The lowest BCUT2D eigenvalue weighted by atomic mass is 10.1. The van der Waals surface area contributed by atoms with Gasteiger partial charge in [0.15, 0.2) is 0 Å². The summed E-state index contributed by atoms with van der Waals surface area (Å²) in [5, 5.41) is 4.37. The first-order valence-corrected chi connectivity index (χ1v) is 9.04. The molecule has 1 fully saturated rings. The van der Waals surface area contributed by atoms with Gasteiger partial charge in [-0.05, 0) is 43.0 Å². The van der Waals surface area contributed by atoms with Crippen LogP contribution in [0.3, 0.4) is 0 Å². The normalized spacial score (nSPS) is 17.0. The predicted molar refractivity (Wildman–Crippen MR) is 98.8 cm³/mol. The lowest BCUT2D eigenvalue weighted by Crippen LogP contribution is -2.38. The first-order valence-electron chi connectivity index (χ1n) is 9.04. The number of imidazole rings is 1. The van der Waals surface area contributed by atoms with E-state index in [0.717, 1.165) is 49.2 Å². The van der Waals surface area contributed by atoms with Gasteiger partial charge in [-0.3, -0.25) is 9.48 Å². The molecule has 1 atom stereocenters. The molecule has 0 saturated carbocycles. The highest BCUT2D eigenvalue weighted by atomic mass is 16.2. The van der Waals surface area contributed by atoms with Crippen molar-refractivity contribution in [3.8, 4) is 0 Å². The minimum absolute atomic E-state index is 0.115. The summed E-state index contributed by atoms with van der Waals surface area (Å²) in [5.41, 5.74) is 3.01. The average Bonchev–Trinajstić information content (AvgIpc) is 3.38. The molecule has 1 saturated heterocycles. The molecular weight excluding hydrogens is 326 g/mol. The molecule has 0 aliphatic carbocycles. The summed E-state index contributed by atoms with van der Waals surface area (Å²) in [7, 11) is 0. The zero-order chi connectivity index (χ0) is 17.9. The molecule has 0 spiro atoms. The molecule has 1 aliphatic rings. The Labute approximate surface area is 153 Å². The summed E-state index contributed by atoms with van der Waals surface area (Å²) in [6.45, 7) is 4.33. The van der Waals surface area contributed by atoms with E-state index >= 15 is 0 Å². The smallest absolute Gasteiger partial charge is 0.254 e. The number of likely N-dealkylation sites (tertiary alicyclic amines) is 1. The molecule has 6 heteroatoms. The Balaban J connectivity index is 1.49. The fourth-order valence-electron chi connectivity index (χ4n) is 3.64. The molecule has 3 aromatic rings. The highest BCUT2D eigenvalue weighted by molar-refractivity contribution is 5.94. The molecule has 6 nitrogen and oxygen atoms in total. The van der Waals surface area contributed by atoms with Crippen molar-refractivity contribution < 1.29 is 4.79 Å². The number of carbonyl (C=O) groups excluding carboxylic acids is 1. The van der Waals surface area contributed by atoms with Gasteiger partial charge in [0.25, 0.3) is 5.91 Å². The van der Waals surface area contributed by atoms with E-state index in [4.69, 9.17) is 0 Å². The van der Waals surface area contributed by atoms with Crippen LogP contribution in [-0.2, 0) is 13.1 Å². The van der Waals surface area contributed by atoms with Gasteiger partial charge in [-0.2, -0.15) is 5.10 Å². The second-order valence-corrected chi connectivity index (χ2v) is 6.97. The maximum absolute atomic E-state index is 13.1. The van der Waals surface area contributed by atoms with E-state index < -0.39 is 0 Å². The van der Waals surface area contributed by atoms with E-state index in [1.165, 1.54) is 0 Å². The molecule has 0 bridgehead atoms. The molecule has 1 aliphatic heterocycles. The van der Waals surface area contributed by atoms with Crippen LogP contribution in [0.15, 0.2) is 55.4 Å². The molecule has 134 valence electrons. The summed E-state index contributed by atoms with van der Waals surface area (Å²) < 4.78 is 3.95. The van der Waals surface area contributed by atoms with Gasteiger partial charge in [-0.25, -0.2) is 4.98 Å². The van der Waals surface area contributed by atoms with E-state index in [2.05, 4.69) is 10.1 Å². The van der Waals surface area contributed by atoms with Crippen molar-refractivity contribution in [2.75, 3.05) is 6.54 Å². The first-order chi connectivity index (χ1) is 12.7. The van der Waals surface area contributed by atoms with Crippen LogP contribution in [-0.4, -0.2) is 42.7 Å². The van der Waals surface area contributed by atoms with Crippen LogP contribution in [0.4, 0.5) is 0 Å². The van der Waals surface area contributed by atoms with Crippen molar-refractivity contribution in [3.63, 3.8) is 0 Å². The Bertz CT molecular complexity index is 883. The number of rotatable bonds is 5. The Hall–Kier alpha value is -2.89. The minimum Gasteiger partial charge on any atom is -0.334 e. The highest BCUT2D eigenvalue weighted by Crippen LogP contribution is 2.22. The molecule has 0 radical (unpaired) electrons. The predicted octanol–water partition coefficient (Wildman–Crippen LogP) is 2.74. The summed E-state index contributed by atoms with van der Waals surface area (Å²) >= 11 is 0. The zero-order valence-electron chi connectivity index (χ0n) is 15.0. The summed E-state index contributed by atoms with van der Waals surface area (Å²) in [5.74, 6) is 0.115. The molecule has 4 rings (SSSR count). The number of hydrogen-bond donors (Lipinski definition) is 0. The number of hydrogen-bond acceptors (Lipinski definition) is 3. The second-order valence-electron chi connectivity index (χ2n) is 6.97. The van der Waals surface area contributed by atoms with Gasteiger partial charge in [0.1, 0.15) is 0 Å². The van der Waals surface area contributed by atoms with Crippen LogP contribution in [0, 0.1) is 6.92 Å². The van der Waals surface area contributed by atoms with Gasteiger partial charge in [0.2, 0.25) is 0 Å². The zero-order valence-corrected chi connectivity index (χ0v) is 15.0. The second kappa shape index (κ2) is 7.15. The van der Waals surface area contributed by atoms with Crippen molar-refractivity contribution in [1.82, 2.24) is 24.2 Å². The van der Waals surface area contributed by atoms with Crippen molar-refractivity contribution in [1.29, 1.82) is 0 Å². The van der Waals surface area contributed by atoms with Crippen LogP contribution >= 0.6 is 0 Å². The number of carbonyl (C=O) groups is 1. The van der Waals surface area contributed by atoms with E-state index in [9.17, 15) is 4.79 Å². The fourth-order valence-corrected chi connectivity index (χ4v) is 3.64. The maximum atomic E-state index is 13.1. The van der Waals surface area contributed by atoms with Crippen molar-refractivity contribution in [2.45, 2.75) is 38.9 Å². The van der Waals surface area contributed by atoms with Gasteiger partial charge in [-0.1, -0.05) is 12.1 Å². The average molecular weight is 349 g/mol. The Kier molecular flexibility index (Phi) is 4.56. The molecule has 26 heavy (non-hydrogen) atoms. The van der Waals surface area contributed by atoms with E-state index in [1.807, 2.05) is 63.9 Å². The third kappa shape index (κ3) is 3.54. The first kappa shape index (κ1) is 16.6. The molecule has 0 unspecified atom stereocenters. The number of aryl methyl sites for hydroxylation is 1. The Morgan fingerprint density at radius 2 is 2.27 bits per heavy atom. The maximum Gasteiger partial charge on any atom is 0.254 e. The number of aromatic nitrogens is 4. The van der Waals surface area contributed by atoms with Crippen molar-refractivity contribution in [2.24, 2.45) is 0 Å². The lowest BCUT2D eigenvalue weighted by molar-refractivity contribution is 0.0721. The van der Waals surface area contributed by atoms with Gasteiger partial charge >= 0.3 is 0 Å². The van der Waals surface area contributed by atoms with Gasteiger partial charge in [0.05, 0.1) is 25.1 Å². The van der Waals surface area contributed by atoms with Crippen molar-refractivity contribution >= 4 is 5.91 Å². The summed E-state index contributed by atoms with van der Waals surface area (Å²) in [6.07, 6.45) is 11.5. The Morgan fingerprint density at radius 1 is 1.35 bits per heavy atom. The van der Waals surface area contributed by atoms with Crippen molar-refractivity contribution in [3.05, 3.63) is 72.1 Å². The number of nitrogens with zero attached hydrogens (tertiary/aromatic N) is 5. The number of amides is 1. The minimum atomic E-state index is 0.115. The summed E-state index contributed by atoms with van der Waals surface area (Å²) in [4.78, 5) is 19.2. The Morgan fingerprint density at radius 3 is 3.04 bits per heavy atom. The van der Waals surface area contributed by atoms with E-state index in [0.29, 0.717) is 0 Å². The fraction of sp³-hybridized carbons (Fsp3) is 0.350. The third-order valence-corrected chi connectivity index (χ3v) is 4.90. The van der Waals surface area contributed by atoms with E-state index in [-0.39, 0.29) is 11.9 Å². The van der Waals surface area contributed by atoms with Gasteiger partial charge in [0, 0.05) is 37.2 Å². The number of benzene rings is 1. The van der Waals surface area contributed by atoms with Crippen LogP contribution < -0.4 is 0 Å². The van der Waals surface area contributed by atoms with Crippen LogP contribution in [0.5, 0.6) is 0 Å². The SMILES string of the molecule is Cc1cnn(C[C@@H]2CCCN2C(=O)c2cccc(Cn3ccnc3)c2)c1. The largest absolute Gasteiger partial charge is 0.334 e. The lowest BCUT2D eigenvalue weighted by Gasteiger charge is -2.25. The molecular formula is C20H23N5O.